The molecule has 26 heavy (non-hydrogen) atoms. The van der Waals surface area contributed by atoms with Crippen LogP contribution in [-0.4, -0.2) is 29.2 Å². The Balaban J connectivity index is 1.88. The number of benzene rings is 1. The second-order valence-corrected chi connectivity index (χ2v) is 7.94. The molecule has 0 spiro atoms. The summed E-state index contributed by atoms with van der Waals surface area (Å²) in [7, 11) is 0. The van der Waals surface area contributed by atoms with Crippen LogP contribution >= 0.6 is 22.9 Å². The number of hydrogen-bond donors (Lipinski definition) is 1. The highest BCUT2D eigenvalue weighted by Crippen LogP contribution is 2.34. The lowest BCUT2D eigenvalue weighted by molar-refractivity contribution is -0.131. The first-order chi connectivity index (χ1) is 12.5. The summed E-state index contributed by atoms with van der Waals surface area (Å²) in [6, 6.07) is 11.9. The van der Waals surface area contributed by atoms with E-state index in [1.54, 1.807) is 12.1 Å². The molecule has 5 nitrogen and oxygen atoms in total. The highest BCUT2D eigenvalue weighted by atomic mass is 35.5. The van der Waals surface area contributed by atoms with Gasteiger partial charge >= 0.3 is 6.03 Å². The Bertz CT molecular complexity index is 836. The summed E-state index contributed by atoms with van der Waals surface area (Å²) >= 11 is 7.01. The highest BCUT2D eigenvalue weighted by molar-refractivity contribution is 7.18. The normalized spacial score (nSPS) is 19.7. The number of Topliss-reactive ketones (excluding diaryl/α,β-unsaturated/α-hetero) is 1. The molecule has 0 unspecified atom stereocenters. The summed E-state index contributed by atoms with van der Waals surface area (Å²) in [5.74, 6) is -0.678. The molecule has 3 rings (SSSR count). The van der Waals surface area contributed by atoms with Crippen LogP contribution < -0.4 is 5.32 Å². The number of unbranched alkanes of at least 4 members (excludes halogenated alkanes) is 1. The first kappa shape index (κ1) is 18.6. The standard InChI is InChI=1S/C19H19ClN2O3S/c1-2-3-11-19(13-7-5-4-6-8-13)17(24)22(18(25)21-19)12-14(23)15-9-10-16(20)26-15/h4-10H,2-3,11-12H2,1H3,(H,21,25)/t19-/m0/s1. The predicted molar refractivity (Wildman–Crippen MR) is 102 cm³/mol. The number of imide groups is 1. The Morgan fingerprint density at radius 1 is 1.19 bits per heavy atom. The molecular weight excluding hydrogens is 372 g/mol. The predicted octanol–water partition coefficient (Wildman–Crippen LogP) is 4.22. The van der Waals surface area contributed by atoms with Crippen molar-refractivity contribution in [2.45, 2.75) is 31.7 Å². The number of carbonyl (C=O) groups is 3. The van der Waals surface area contributed by atoms with E-state index < -0.39 is 11.6 Å². The topological polar surface area (TPSA) is 66.5 Å². The summed E-state index contributed by atoms with van der Waals surface area (Å²) < 4.78 is 0.493. The maximum Gasteiger partial charge on any atom is 0.325 e. The summed E-state index contributed by atoms with van der Waals surface area (Å²) in [4.78, 5) is 39.6. The molecule has 1 aromatic carbocycles. The zero-order valence-electron chi connectivity index (χ0n) is 14.3. The van der Waals surface area contributed by atoms with E-state index in [2.05, 4.69) is 5.32 Å². The molecule has 1 atom stereocenters. The summed E-state index contributed by atoms with van der Waals surface area (Å²) in [6.07, 6.45) is 2.17. The Kier molecular flexibility index (Phi) is 5.44. The van der Waals surface area contributed by atoms with Crippen molar-refractivity contribution in [3.8, 4) is 0 Å². The van der Waals surface area contributed by atoms with E-state index in [1.165, 1.54) is 0 Å². The number of carbonyl (C=O) groups excluding carboxylic acids is 3. The summed E-state index contributed by atoms with van der Waals surface area (Å²) in [5.41, 5.74) is -0.372. The molecule has 3 amide bonds. The lowest BCUT2D eigenvalue weighted by Crippen LogP contribution is -2.44. The van der Waals surface area contributed by atoms with Gasteiger partial charge in [0.2, 0.25) is 0 Å². The molecule has 0 radical (unpaired) electrons. The Morgan fingerprint density at radius 2 is 1.92 bits per heavy atom. The number of amides is 3. The number of nitrogens with zero attached hydrogens (tertiary/aromatic N) is 1. The van der Waals surface area contributed by atoms with Crippen LogP contribution in [0.3, 0.4) is 0 Å². The van der Waals surface area contributed by atoms with E-state index in [0.717, 1.165) is 34.6 Å². The maximum absolute atomic E-state index is 13.2. The van der Waals surface area contributed by atoms with Gasteiger partial charge in [-0.3, -0.25) is 14.5 Å². The third-order valence-corrected chi connectivity index (χ3v) is 5.77. The van der Waals surface area contributed by atoms with Crippen LogP contribution in [0.5, 0.6) is 0 Å². The van der Waals surface area contributed by atoms with E-state index in [-0.39, 0.29) is 18.2 Å². The van der Waals surface area contributed by atoms with Gasteiger partial charge in [-0.1, -0.05) is 61.7 Å². The number of hydrogen-bond acceptors (Lipinski definition) is 4. The molecular formula is C19H19ClN2O3S. The van der Waals surface area contributed by atoms with Crippen molar-refractivity contribution >= 4 is 40.7 Å². The van der Waals surface area contributed by atoms with Crippen LogP contribution in [0.4, 0.5) is 4.79 Å². The van der Waals surface area contributed by atoms with E-state index in [4.69, 9.17) is 11.6 Å². The molecule has 2 heterocycles. The van der Waals surface area contributed by atoms with E-state index in [1.807, 2.05) is 37.3 Å². The SMILES string of the molecule is CCCC[C@@]1(c2ccccc2)NC(=O)N(CC(=O)c2ccc(Cl)s2)C1=O. The molecule has 136 valence electrons. The zero-order valence-corrected chi connectivity index (χ0v) is 15.9. The molecule has 2 aromatic rings. The number of thiophene rings is 1. The average Bonchev–Trinajstić information content (AvgIpc) is 3.18. The minimum absolute atomic E-state index is 0.289. The number of rotatable bonds is 7. The van der Waals surface area contributed by atoms with Crippen LogP contribution in [0, 0.1) is 0 Å². The fourth-order valence-electron chi connectivity index (χ4n) is 3.13. The van der Waals surface area contributed by atoms with Gasteiger partial charge < -0.3 is 5.32 Å². The van der Waals surface area contributed by atoms with Crippen molar-refractivity contribution in [1.29, 1.82) is 0 Å². The Hall–Kier alpha value is -2.18. The van der Waals surface area contributed by atoms with Crippen LogP contribution in [-0.2, 0) is 10.3 Å². The van der Waals surface area contributed by atoms with Gasteiger partial charge in [0.1, 0.15) is 5.54 Å². The lowest BCUT2D eigenvalue weighted by Gasteiger charge is -2.27. The molecule has 1 aliphatic heterocycles. The van der Waals surface area contributed by atoms with Crippen LogP contribution in [0.1, 0.15) is 41.4 Å². The van der Waals surface area contributed by atoms with Crippen molar-refractivity contribution in [3.63, 3.8) is 0 Å². The van der Waals surface area contributed by atoms with Gasteiger partial charge in [-0.2, -0.15) is 0 Å². The molecule has 1 fully saturated rings. The van der Waals surface area contributed by atoms with E-state index in [9.17, 15) is 14.4 Å². The van der Waals surface area contributed by atoms with Gasteiger partial charge in [-0.15, -0.1) is 11.3 Å². The minimum Gasteiger partial charge on any atom is -0.319 e. The lowest BCUT2D eigenvalue weighted by atomic mass is 9.85. The first-order valence-electron chi connectivity index (χ1n) is 8.46. The van der Waals surface area contributed by atoms with Crippen molar-refractivity contribution < 1.29 is 14.4 Å². The van der Waals surface area contributed by atoms with Crippen LogP contribution in [0.15, 0.2) is 42.5 Å². The van der Waals surface area contributed by atoms with Crippen molar-refractivity contribution in [2.24, 2.45) is 0 Å². The third-order valence-electron chi connectivity index (χ3n) is 4.50. The summed E-state index contributed by atoms with van der Waals surface area (Å²) in [6.45, 7) is 1.74. The molecule has 7 heteroatoms. The average molecular weight is 391 g/mol. The number of urea groups is 1. The Morgan fingerprint density at radius 3 is 2.54 bits per heavy atom. The van der Waals surface area contributed by atoms with Gasteiger partial charge in [-0.25, -0.2) is 4.79 Å². The number of ketones is 1. The molecule has 0 bridgehead atoms. The number of nitrogens with one attached hydrogen (secondary N) is 1. The Labute approximate surface area is 161 Å². The van der Waals surface area contributed by atoms with Crippen molar-refractivity contribution in [3.05, 3.63) is 57.2 Å². The van der Waals surface area contributed by atoms with Gasteiger partial charge in [0.05, 0.1) is 15.8 Å². The second kappa shape index (κ2) is 7.60. The van der Waals surface area contributed by atoms with Gasteiger partial charge in [0.15, 0.2) is 5.78 Å². The van der Waals surface area contributed by atoms with E-state index in [0.29, 0.717) is 15.6 Å². The van der Waals surface area contributed by atoms with Crippen LogP contribution in [0.25, 0.3) is 0 Å². The van der Waals surface area contributed by atoms with Crippen molar-refractivity contribution in [1.82, 2.24) is 10.2 Å². The number of halogens is 1. The van der Waals surface area contributed by atoms with Crippen LogP contribution in [0.2, 0.25) is 4.34 Å². The quantitative estimate of drug-likeness (QED) is 0.568. The second-order valence-electron chi connectivity index (χ2n) is 6.22. The molecule has 1 aromatic heterocycles. The highest BCUT2D eigenvalue weighted by Gasteiger charge is 2.52. The molecule has 1 saturated heterocycles. The minimum atomic E-state index is -1.11. The van der Waals surface area contributed by atoms with E-state index >= 15 is 0 Å². The van der Waals surface area contributed by atoms with Gasteiger partial charge in [-0.05, 0) is 24.1 Å². The molecule has 0 saturated carbocycles. The van der Waals surface area contributed by atoms with Gasteiger partial charge in [0.25, 0.3) is 5.91 Å². The molecule has 1 aliphatic rings. The first-order valence-corrected chi connectivity index (χ1v) is 9.65. The van der Waals surface area contributed by atoms with Crippen molar-refractivity contribution in [2.75, 3.05) is 6.54 Å². The summed E-state index contributed by atoms with van der Waals surface area (Å²) in [5, 5.41) is 2.84. The monoisotopic (exact) mass is 390 g/mol. The molecule has 1 N–H and O–H groups in total. The maximum atomic E-state index is 13.2. The molecule has 0 aliphatic carbocycles. The van der Waals surface area contributed by atoms with Gasteiger partial charge in [0, 0.05) is 0 Å². The fourth-order valence-corrected chi connectivity index (χ4v) is 4.10. The largest absolute Gasteiger partial charge is 0.325 e. The third kappa shape index (κ3) is 3.39. The zero-order chi connectivity index (χ0) is 18.7. The smallest absolute Gasteiger partial charge is 0.319 e. The fraction of sp³-hybridized carbons (Fsp3) is 0.316.